The molecule has 3 nitrogen and oxygen atoms in total. The number of hydrogen-bond donors (Lipinski definition) is 1. The van der Waals surface area contributed by atoms with E-state index in [1.807, 2.05) is 12.1 Å². The second kappa shape index (κ2) is 2.89. The Bertz CT molecular complexity index is 416. The van der Waals surface area contributed by atoms with Gasteiger partial charge in [0.05, 0.1) is 14.2 Å². The summed E-state index contributed by atoms with van der Waals surface area (Å²) < 4.78 is 10.8. The van der Waals surface area contributed by atoms with E-state index in [0.29, 0.717) is 17.9 Å². The molecule has 3 rings (SSSR count). The summed E-state index contributed by atoms with van der Waals surface area (Å²) in [5.74, 6) is 3.06. The van der Waals surface area contributed by atoms with Crippen molar-refractivity contribution in [3.8, 4) is 11.5 Å². The molecule has 0 aliphatic heterocycles. The van der Waals surface area contributed by atoms with Crippen LogP contribution in [0.3, 0.4) is 0 Å². The molecule has 80 valence electrons. The normalized spacial score (nSPS) is 30.7. The first kappa shape index (κ1) is 9.04. The standard InChI is InChI=1S/C12H15NO2/c1-14-8-3-4-9(15-2)10-6(8)5-7-11(10)12(7)13/h3-4,7,11-12H,5,13H2,1-2H3/t7?,11?,12-/m1/s1. The van der Waals surface area contributed by atoms with E-state index < -0.39 is 0 Å². The van der Waals surface area contributed by atoms with E-state index in [1.54, 1.807) is 14.2 Å². The number of benzene rings is 1. The molecule has 3 atom stereocenters. The fourth-order valence-electron chi connectivity index (χ4n) is 2.87. The van der Waals surface area contributed by atoms with Crippen LogP contribution in [0.25, 0.3) is 0 Å². The van der Waals surface area contributed by atoms with Gasteiger partial charge in [-0.2, -0.15) is 0 Å². The van der Waals surface area contributed by atoms with Gasteiger partial charge in [0, 0.05) is 23.1 Å². The molecule has 0 saturated heterocycles. The van der Waals surface area contributed by atoms with Crippen molar-refractivity contribution in [3.05, 3.63) is 23.3 Å². The first-order valence-corrected chi connectivity index (χ1v) is 5.27. The molecule has 0 bridgehead atoms. The highest BCUT2D eigenvalue weighted by atomic mass is 16.5. The van der Waals surface area contributed by atoms with Gasteiger partial charge in [-0.1, -0.05) is 0 Å². The second-order valence-electron chi connectivity index (χ2n) is 4.33. The molecule has 0 spiro atoms. The van der Waals surface area contributed by atoms with Gasteiger partial charge in [-0.3, -0.25) is 0 Å². The number of methoxy groups -OCH3 is 2. The first-order chi connectivity index (χ1) is 7.27. The van der Waals surface area contributed by atoms with Crippen LogP contribution >= 0.6 is 0 Å². The molecule has 3 heteroatoms. The summed E-state index contributed by atoms with van der Waals surface area (Å²) in [6.07, 6.45) is 1.04. The van der Waals surface area contributed by atoms with E-state index in [1.165, 1.54) is 11.1 Å². The van der Waals surface area contributed by atoms with E-state index in [9.17, 15) is 0 Å². The lowest BCUT2D eigenvalue weighted by atomic mass is 10.0. The van der Waals surface area contributed by atoms with Crippen molar-refractivity contribution in [2.24, 2.45) is 11.7 Å². The Morgan fingerprint density at radius 1 is 1.20 bits per heavy atom. The molecule has 1 fully saturated rings. The Labute approximate surface area is 89.2 Å². The second-order valence-corrected chi connectivity index (χ2v) is 4.33. The summed E-state index contributed by atoms with van der Waals surface area (Å²) in [6.45, 7) is 0. The van der Waals surface area contributed by atoms with E-state index in [0.717, 1.165) is 17.9 Å². The van der Waals surface area contributed by atoms with Gasteiger partial charge in [0.15, 0.2) is 0 Å². The molecule has 0 heterocycles. The van der Waals surface area contributed by atoms with Crippen LogP contribution in [0.2, 0.25) is 0 Å². The van der Waals surface area contributed by atoms with Crippen LogP contribution in [0.1, 0.15) is 17.0 Å². The Hall–Kier alpha value is -1.22. The van der Waals surface area contributed by atoms with Crippen molar-refractivity contribution in [1.82, 2.24) is 0 Å². The summed E-state index contributed by atoms with van der Waals surface area (Å²) in [5, 5.41) is 0. The summed E-state index contributed by atoms with van der Waals surface area (Å²) in [5.41, 5.74) is 8.59. The monoisotopic (exact) mass is 205 g/mol. The number of nitrogens with two attached hydrogens (primary N) is 1. The van der Waals surface area contributed by atoms with E-state index in [4.69, 9.17) is 15.2 Å². The van der Waals surface area contributed by atoms with Crippen molar-refractivity contribution in [1.29, 1.82) is 0 Å². The van der Waals surface area contributed by atoms with Crippen LogP contribution in [0.5, 0.6) is 11.5 Å². The van der Waals surface area contributed by atoms with Gasteiger partial charge in [-0.05, 0) is 24.5 Å². The Kier molecular flexibility index (Phi) is 1.74. The van der Waals surface area contributed by atoms with Crippen LogP contribution in [-0.2, 0) is 6.42 Å². The van der Waals surface area contributed by atoms with Gasteiger partial charge in [-0.25, -0.2) is 0 Å². The molecule has 1 saturated carbocycles. The van der Waals surface area contributed by atoms with Crippen LogP contribution in [0.4, 0.5) is 0 Å². The molecule has 2 unspecified atom stereocenters. The lowest BCUT2D eigenvalue weighted by Gasteiger charge is -2.14. The van der Waals surface area contributed by atoms with Crippen molar-refractivity contribution in [2.45, 2.75) is 18.4 Å². The fraction of sp³-hybridized carbons (Fsp3) is 0.500. The van der Waals surface area contributed by atoms with Crippen LogP contribution in [0.15, 0.2) is 12.1 Å². The van der Waals surface area contributed by atoms with Crippen molar-refractivity contribution >= 4 is 0 Å². The maximum Gasteiger partial charge on any atom is 0.122 e. The van der Waals surface area contributed by atoms with E-state index >= 15 is 0 Å². The number of rotatable bonds is 2. The molecular formula is C12H15NO2. The van der Waals surface area contributed by atoms with Gasteiger partial charge in [0.25, 0.3) is 0 Å². The average molecular weight is 205 g/mol. The average Bonchev–Trinajstić information content (AvgIpc) is 2.74. The zero-order chi connectivity index (χ0) is 10.6. The summed E-state index contributed by atoms with van der Waals surface area (Å²) >= 11 is 0. The van der Waals surface area contributed by atoms with E-state index in [-0.39, 0.29) is 0 Å². The van der Waals surface area contributed by atoms with E-state index in [2.05, 4.69) is 0 Å². The summed E-state index contributed by atoms with van der Waals surface area (Å²) in [4.78, 5) is 0. The highest BCUT2D eigenvalue weighted by Gasteiger charge is 2.55. The van der Waals surface area contributed by atoms with Gasteiger partial charge in [0.2, 0.25) is 0 Å². The third-order valence-corrected chi connectivity index (χ3v) is 3.72. The molecular weight excluding hydrogens is 190 g/mol. The summed E-state index contributed by atoms with van der Waals surface area (Å²) in [6, 6.07) is 4.29. The molecule has 1 aromatic carbocycles. The molecule has 2 aliphatic rings. The maximum absolute atomic E-state index is 6.01. The molecule has 2 N–H and O–H groups in total. The van der Waals surface area contributed by atoms with Gasteiger partial charge < -0.3 is 15.2 Å². The fourth-order valence-corrected chi connectivity index (χ4v) is 2.87. The minimum atomic E-state index is 0.332. The first-order valence-electron chi connectivity index (χ1n) is 5.27. The third kappa shape index (κ3) is 1.04. The van der Waals surface area contributed by atoms with Crippen molar-refractivity contribution in [3.63, 3.8) is 0 Å². The predicted octanol–water partition coefficient (Wildman–Crippen LogP) is 1.30. The molecule has 2 aliphatic carbocycles. The van der Waals surface area contributed by atoms with Gasteiger partial charge >= 0.3 is 0 Å². The minimum Gasteiger partial charge on any atom is -0.496 e. The van der Waals surface area contributed by atoms with Crippen LogP contribution in [0, 0.1) is 5.92 Å². The molecule has 0 aromatic heterocycles. The quantitative estimate of drug-likeness (QED) is 0.791. The predicted molar refractivity (Wildman–Crippen MR) is 57.5 cm³/mol. The van der Waals surface area contributed by atoms with Gasteiger partial charge in [0.1, 0.15) is 11.5 Å². The third-order valence-electron chi connectivity index (χ3n) is 3.72. The smallest absolute Gasteiger partial charge is 0.122 e. The lowest BCUT2D eigenvalue weighted by molar-refractivity contribution is 0.396. The largest absolute Gasteiger partial charge is 0.496 e. The zero-order valence-electron chi connectivity index (χ0n) is 8.99. The number of fused-ring (bicyclic) bond motifs is 3. The van der Waals surface area contributed by atoms with Gasteiger partial charge in [-0.15, -0.1) is 0 Å². The molecule has 0 amide bonds. The number of hydrogen-bond acceptors (Lipinski definition) is 3. The van der Waals surface area contributed by atoms with Crippen LogP contribution < -0.4 is 15.2 Å². The van der Waals surface area contributed by atoms with Crippen molar-refractivity contribution < 1.29 is 9.47 Å². The molecule has 1 aromatic rings. The highest BCUT2D eigenvalue weighted by Crippen LogP contribution is 2.59. The number of ether oxygens (including phenoxy) is 2. The maximum atomic E-state index is 6.01. The Morgan fingerprint density at radius 3 is 2.53 bits per heavy atom. The Balaban J connectivity index is 2.14. The topological polar surface area (TPSA) is 44.5 Å². The molecule has 15 heavy (non-hydrogen) atoms. The summed E-state index contributed by atoms with van der Waals surface area (Å²) in [7, 11) is 3.43. The highest BCUT2D eigenvalue weighted by molar-refractivity contribution is 5.58. The minimum absolute atomic E-state index is 0.332. The zero-order valence-corrected chi connectivity index (χ0v) is 8.99. The molecule has 0 radical (unpaired) electrons. The lowest BCUT2D eigenvalue weighted by Crippen LogP contribution is -2.10. The van der Waals surface area contributed by atoms with Crippen molar-refractivity contribution in [2.75, 3.05) is 14.2 Å². The SMILES string of the molecule is COc1ccc(OC)c2c1CC1C2[C@@H]1N. The Morgan fingerprint density at radius 2 is 1.87 bits per heavy atom. The van der Waals surface area contributed by atoms with Crippen LogP contribution in [-0.4, -0.2) is 20.3 Å².